The number of halogens is 1. The zero-order valence-corrected chi connectivity index (χ0v) is 9.43. The molecule has 2 rings (SSSR count). The second-order valence-electron chi connectivity index (χ2n) is 4.72. The summed E-state index contributed by atoms with van der Waals surface area (Å²) in [6.45, 7) is 6.80. The fraction of sp³-hybridized carbons (Fsp3) is 0.500. The summed E-state index contributed by atoms with van der Waals surface area (Å²) >= 11 is 5.87. The second kappa shape index (κ2) is 3.56. The standard InChI is InChI=1S/C12H16ClN/c1-12(2)8-14-7-11(12)9-3-5-10(13)6-4-9/h3-6,11,14H,7-8H2,1-2H3. The Kier molecular flexibility index (Phi) is 2.54. The molecule has 1 aliphatic rings. The van der Waals surface area contributed by atoms with E-state index in [4.69, 9.17) is 11.6 Å². The lowest BCUT2D eigenvalue weighted by Gasteiger charge is -2.26. The third-order valence-electron chi connectivity index (χ3n) is 3.14. The van der Waals surface area contributed by atoms with Crippen LogP contribution in [0.25, 0.3) is 0 Å². The van der Waals surface area contributed by atoms with Gasteiger partial charge in [0.2, 0.25) is 0 Å². The van der Waals surface area contributed by atoms with E-state index in [1.165, 1.54) is 5.56 Å². The molecule has 76 valence electrons. The Labute approximate surface area is 90.5 Å². The Morgan fingerprint density at radius 1 is 1.29 bits per heavy atom. The SMILES string of the molecule is CC1(C)CNCC1c1ccc(Cl)cc1. The van der Waals surface area contributed by atoms with Gasteiger partial charge in [0.05, 0.1) is 0 Å². The van der Waals surface area contributed by atoms with Crippen LogP contribution < -0.4 is 5.32 Å². The number of nitrogens with one attached hydrogen (secondary N) is 1. The van der Waals surface area contributed by atoms with E-state index >= 15 is 0 Å². The van der Waals surface area contributed by atoms with E-state index in [1.54, 1.807) is 0 Å². The maximum absolute atomic E-state index is 5.87. The summed E-state index contributed by atoms with van der Waals surface area (Å²) in [5.74, 6) is 0.611. The smallest absolute Gasteiger partial charge is 0.0406 e. The van der Waals surface area contributed by atoms with Gasteiger partial charge >= 0.3 is 0 Å². The van der Waals surface area contributed by atoms with Crippen molar-refractivity contribution >= 4 is 11.6 Å². The van der Waals surface area contributed by atoms with Crippen LogP contribution in [0, 0.1) is 5.41 Å². The molecule has 0 saturated carbocycles. The second-order valence-corrected chi connectivity index (χ2v) is 5.16. The summed E-state index contributed by atoms with van der Waals surface area (Å²) in [6, 6.07) is 8.24. The van der Waals surface area contributed by atoms with Gasteiger partial charge in [0.15, 0.2) is 0 Å². The lowest BCUT2D eigenvalue weighted by Crippen LogP contribution is -2.20. The maximum Gasteiger partial charge on any atom is 0.0406 e. The minimum absolute atomic E-state index is 0.355. The van der Waals surface area contributed by atoms with Crippen LogP contribution in [-0.4, -0.2) is 13.1 Å². The van der Waals surface area contributed by atoms with E-state index in [1.807, 2.05) is 12.1 Å². The van der Waals surface area contributed by atoms with E-state index in [0.29, 0.717) is 11.3 Å². The van der Waals surface area contributed by atoms with Crippen molar-refractivity contribution < 1.29 is 0 Å². The van der Waals surface area contributed by atoms with Crippen LogP contribution in [0.2, 0.25) is 5.02 Å². The lowest BCUT2D eigenvalue weighted by atomic mass is 9.78. The van der Waals surface area contributed by atoms with Crippen molar-refractivity contribution in [2.24, 2.45) is 5.41 Å². The minimum atomic E-state index is 0.355. The van der Waals surface area contributed by atoms with Gasteiger partial charge in [-0.2, -0.15) is 0 Å². The highest BCUT2D eigenvalue weighted by Gasteiger charge is 2.35. The molecular formula is C12H16ClN. The molecule has 2 heteroatoms. The molecule has 1 aromatic rings. The zero-order chi connectivity index (χ0) is 10.2. The predicted octanol–water partition coefficient (Wildman–Crippen LogP) is 3.05. The quantitative estimate of drug-likeness (QED) is 0.750. The average molecular weight is 210 g/mol. The van der Waals surface area contributed by atoms with Crippen molar-refractivity contribution in [1.82, 2.24) is 5.32 Å². The molecule has 1 heterocycles. The summed E-state index contributed by atoms with van der Waals surface area (Å²) in [5, 5.41) is 4.26. The van der Waals surface area contributed by atoms with Crippen molar-refractivity contribution in [2.75, 3.05) is 13.1 Å². The van der Waals surface area contributed by atoms with Gasteiger partial charge in [-0.1, -0.05) is 37.6 Å². The molecule has 1 N–H and O–H groups in total. The van der Waals surface area contributed by atoms with Crippen LogP contribution in [0.3, 0.4) is 0 Å². The van der Waals surface area contributed by atoms with Crippen LogP contribution in [-0.2, 0) is 0 Å². The van der Waals surface area contributed by atoms with Gasteiger partial charge in [-0.25, -0.2) is 0 Å². The Hall–Kier alpha value is -0.530. The molecule has 0 radical (unpaired) electrons. The summed E-state index contributed by atoms with van der Waals surface area (Å²) < 4.78 is 0. The molecule has 0 bridgehead atoms. The normalized spacial score (nSPS) is 25.2. The van der Waals surface area contributed by atoms with Crippen molar-refractivity contribution in [3.8, 4) is 0 Å². The molecule has 1 atom stereocenters. The molecule has 1 nitrogen and oxygen atoms in total. The third-order valence-corrected chi connectivity index (χ3v) is 3.40. The predicted molar refractivity (Wildman–Crippen MR) is 60.8 cm³/mol. The van der Waals surface area contributed by atoms with Crippen LogP contribution in [0.1, 0.15) is 25.3 Å². The summed E-state index contributed by atoms with van der Waals surface area (Å²) in [5.41, 5.74) is 1.75. The van der Waals surface area contributed by atoms with Crippen LogP contribution in [0.5, 0.6) is 0 Å². The van der Waals surface area contributed by atoms with Gasteiger partial charge in [-0.3, -0.25) is 0 Å². The molecular weight excluding hydrogens is 194 g/mol. The monoisotopic (exact) mass is 209 g/mol. The molecule has 0 spiro atoms. The Morgan fingerprint density at radius 2 is 1.93 bits per heavy atom. The van der Waals surface area contributed by atoms with E-state index < -0.39 is 0 Å². The number of benzene rings is 1. The molecule has 1 saturated heterocycles. The molecule has 1 unspecified atom stereocenters. The zero-order valence-electron chi connectivity index (χ0n) is 8.68. The molecule has 1 aliphatic heterocycles. The highest BCUT2D eigenvalue weighted by Crippen LogP contribution is 2.38. The van der Waals surface area contributed by atoms with Crippen molar-refractivity contribution in [3.05, 3.63) is 34.9 Å². The topological polar surface area (TPSA) is 12.0 Å². The Morgan fingerprint density at radius 3 is 2.43 bits per heavy atom. The highest BCUT2D eigenvalue weighted by atomic mass is 35.5. The minimum Gasteiger partial charge on any atom is -0.316 e. The van der Waals surface area contributed by atoms with E-state index in [9.17, 15) is 0 Å². The van der Waals surface area contributed by atoms with Gasteiger partial charge < -0.3 is 5.32 Å². The first-order valence-corrected chi connectivity index (χ1v) is 5.43. The van der Waals surface area contributed by atoms with Crippen LogP contribution >= 0.6 is 11.6 Å². The van der Waals surface area contributed by atoms with Gasteiger partial charge in [0.1, 0.15) is 0 Å². The van der Waals surface area contributed by atoms with Crippen LogP contribution in [0.4, 0.5) is 0 Å². The van der Waals surface area contributed by atoms with Gasteiger partial charge in [0.25, 0.3) is 0 Å². The summed E-state index contributed by atoms with van der Waals surface area (Å²) in [7, 11) is 0. The number of hydrogen-bond donors (Lipinski definition) is 1. The Balaban J connectivity index is 2.27. The fourth-order valence-corrected chi connectivity index (χ4v) is 2.33. The number of rotatable bonds is 1. The number of hydrogen-bond acceptors (Lipinski definition) is 1. The summed E-state index contributed by atoms with van der Waals surface area (Å²) in [4.78, 5) is 0. The molecule has 0 aliphatic carbocycles. The van der Waals surface area contributed by atoms with Crippen molar-refractivity contribution in [3.63, 3.8) is 0 Å². The molecule has 1 aromatic carbocycles. The van der Waals surface area contributed by atoms with Gasteiger partial charge in [-0.05, 0) is 23.1 Å². The van der Waals surface area contributed by atoms with Gasteiger partial charge in [-0.15, -0.1) is 0 Å². The van der Waals surface area contributed by atoms with Gasteiger partial charge in [0, 0.05) is 24.0 Å². The van der Waals surface area contributed by atoms with Crippen molar-refractivity contribution in [1.29, 1.82) is 0 Å². The first kappa shape index (κ1) is 10.0. The molecule has 0 amide bonds. The average Bonchev–Trinajstić information content (AvgIpc) is 2.47. The van der Waals surface area contributed by atoms with E-state index in [-0.39, 0.29) is 0 Å². The maximum atomic E-state index is 5.87. The van der Waals surface area contributed by atoms with E-state index in [0.717, 1.165) is 18.1 Å². The molecule has 1 fully saturated rings. The fourth-order valence-electron chi connectivity index (χ4n) is 2.20. The molecule has 14 heavy (non-hydrogen) atoms. The van der Waals surface area contributed by atoms with Crippen molar-refractivity contribution in [2.45, 2.75) is 19.8 Å². The molecule has 0 aromatic heterocycles. The summed E-state index contributed by atoms with van der Waals surface area (Å²) in [6.07, 6.45) is 0. The third kappa shape index (κ3) is 1.79. The highest BCUT2D eigenvalue weighted by molar-refractivity contribution is 6.30. The first-order chi connectivity index (χ1) is 6.59. The largest absolute Gasteiger partial charge is 0.316 e. The lowest BCUT2D eigenvalue weighted by molar-refractivity contribution is 0.363. The van der Waals surface area contributed by atoms with Crippen LogP contribution in [0.15, 0.2) is 24.3 Å². The van der Waals surface area contributed by atoms with E-state index in [2.05, 4.69) is 31.3 Å². The first-order valence-electron chi connectivity index (χ1n) is 5.06. The Bertz CT molecular complexity index is 316.